The second-order valence-electron chi connectivity index (χ2n) is 6.18. The Hall–Kier alpha value is -2.42. The number of hydrogen-bond donors (Lipinski definition) is 0. The minimum absolute atomic E-state index is 0.273. The van der Waals surface area contributed by atoms with E-state index in [2.05, 4.69) is 121 Å². The van der Waals surface area contributed by atoms with Crippen molar-refractivity contribution in [1.29, 1.82) is 0 Å². The summed E-state index contributed by atoms with van der Waals surface area (Å²) < 4.78 is -0.273. The van der Waals surface area contributed by atoms with Crippen LogP contribution in [0.1, 0.15) is 11.1 Å². The summed E-state index contributed by atoms with van der Waals surface area (Å²) in [7, 11) is 0. The smallest absolute Gasteiger partial charge is 0.0982 e. The molecule has 0 nitrogen and oxygen atoms in total. The molecular weight excluding hydrogens is 364 g/mol. The van der Waals surface area contributed by atoms with Crippen LogP contribution < -0.4 is 0 Å². The summed E-state index contributed by atoms with van der Waals surface area (Å²) in [6.07, 6.45) is 0. The van der Waals surface area contributed by atoms with Gasteiger partial charge in [0.1, 0.15) is 4.08 Å². The molecule has 0 aromatic heterocycles. The Morgan fingerprint density at radius 3 is 1.00 bits per heavy atom. The van der Waals surface area contributed by atoms with E-state index < -0.39 is 0 Å². The zero-order valence-corrected chi connectivity index (χ0v) is 16.5. The van der Waals surface area contributed by atoms with Crippen molar-refractivity contribution in [2.24, 2.45) is 0 Å². The Balaban J connectivity index is 1.90. The molecule has 27 heavy (non-hydrogen) atoms. The summed E-state index contributed by atoms with van der Waals surface area (Å²) in [5, 5.41) is 0. The first-order valence-electron chi connectivity index (χ1n) is 8.96. The van der Waals surface area contributed by atoms with E-state index in [4.69, 9.17) is 0 Å². The molecule has 0 atom stereocenters. The van der Waals surface area contributed by atoms with Crippen molar-refractivity contribution in [2.75, 3.05) is 0 Å². The van der Waals surface area contributed by atoms with Crippen LogP contribution in [0, 0.1) is 0 Å². The zero-order valence-electron chi connectivity index (χ0n) is 14.9. The molecule has 0 amide bonds. The molecular formula is C25H20S2. The molecule has 0 saturated heterocycles. The van der Waals surface area contributed by atoms with Gasteiger partial charge in [-0.2, -0.15) is 0 Å². The van der Waals surface area contributed by atoms with E-state index in [1.807, 2.05) is 23.5 Å². The van der Waals surface area contributed by atoms with E-state index in [9.17, 15) is 0 Å². The fraction of sp³-hybridized carbons (Fsp3) is 0.0400. The van der Waals surface area contributed by atoms with E-state index in [-0.39, 0.29) is 4.08 Å². The van der Waals surface area contributed by atoms with Crippen molar-refractivity contribution < 1.29 is 0 Å². The molecule has 0 saturated carbocycles. The minimum Gasteiger partial charge on any atom is -0.0982 e. The van der Waals surface area contributed by atoms with Gasteiger partial charge in [-0.3, -0.25) is 0 Å². The van der Waals surface area contributed by atoms with Crippen LogP contribution in [0.5, 0.6) is 0 Å². The van der Waals surface area contributed by atoms with Crippen LogP contribution in [-0.2, 0) is 4.08 Å². The lowest BCUT2D eigenvalue weighted by Gasteiger charge is -2.34. The molecule has 0 N–H and O–H groups in total. The van der Waals surface area contributed by atoms with Crippen molar-refractivity contribution in [3.05, 3.63) is 132 Å². The molecule has 4 rings (SSSR count). The molecule has 2 heteroatoms. The number of rotatable bonds is 6. The van der Waals surface area contributed by atoms with Crippen molar-refractivity contribution in [2.45, 2.75) is 13.9 Å². The summed E-state index contributed by atoms with van der Waals surface area (Å²) in [5.74, 6) is 0. The van der Waals surface area contributed by atoms with E-state index >= 15 is 0 Å². The monoisotopic (exact) mass is 384 g/mol. The average Bonchev–Trinajstić information content (AvgIpc) is 2.76. The van der Waals surface area contributed by atoms with Gasteiger partial charge in [-0.05, 0) is 35.4 Å². The maximum Gasteiger partial charge on any atom is 0.120 e. The van der Waals surface area contributed by atoms with Gasteiger partial charge in [0, 0.05) is 9.79 Å². The van der Waals surface area contributed by atoms with Gasteiger partial charge in [-0.25, -0.2) is 0 Å². The molecule has 0 heterocycles. The topological polar surface area (TPSA) is 0 Å². The number of thioether (sulfide) groups is 2. The molecule has 4 aromatic rings. The van der Waals surface area contributed by atoms with Gasteiger partial charge in [-0.15, -0.1) is 0 Å². The van der Waals surface area contributed by atoms with Crippen molar-refractivity contribution >= 4 is 23.5 Å². The van der Waals surface area contributed by atoms with Crippen LogP contribution in [0.3, 0.4) is 0 Å². The Bertz CT molecular complexity index is 869. The number of benzene rings is 4. The van der Waals surface area contributed by atoms with Crippen LogP contribution >= 0.6 is 23.5 Å². The molecule has 132 valence electrons. The standard InChI is InChI=1S/C25H20S2/c1-5-13-21(14-6-1)25(22-15-7-2-8-16-22,26-23-17-9-3-10-18-23)27-24-19-11-4-12-20-24/h1-20H. The van der Waals surface area contributed by atoms with E-state index in [0.29, 0.717) is 0 Å². The minimum atomic E-state index is -0.273. The van der Waals surface area contributed by atoms with Crippen molar-refractivity contribution in [3.8, 4) is 0 Å². The van der Waals surface area contributed by atoms with Crippen LogP contribution in [0.2, 0.25) is 0 Å². The highest BCUT2D eigenvalue weighted by Crippen LogP contribution is 2.56. The highest BCUT2D eigenvalue weighted by atomic mass is 32.2. The first-order valence-corrected chi connectivity index (χ1v) is 10.6. The highest BCUT2D eigenvalue weighted by molar-refractivity contribution is 8.17. The molecule has 0 aliphatic rings. The lowest BCUT2D eigenvalue weighted by Crippen LogP contribution is -2.19. The Morgan fingerprint density at radius 2 is 0.667 bits per heavy atom. The fourth-order valence-corrected chi connectivity index (χ4v) is 6.06. The second-order valence-corrected chi connectivity index (χ2v) is 9.01. The normalized spacial score (nSPS) is 11.3. The predicted molar refractivity (Wildman–Crippen MR) is 118 cm³/mol. The molecule has 0 radical (unpaired) electrons. The van der Waals surface area contributed by atoms with Crippen LogP contribution in [0.15, 0.2) is 131 Å². The summed E-state index contributed by atoms with van der Waals surface area (Å²) in [6, 6.07) is 43.0. The molecule has 0 aliphatic carbocycles. The first-order chi connectivity index (χ1) is 13.4. The summed E-state index contributed by atoms with van der Waals surface area (Å²) in [5.41, 5.74) is 2.58. The van der Waals surface area contributed by atoms with Gasteiger partial charge in [-0.1, -0.05) is 121 Å². The lowest BCUT2D eigenvalue weighted by atomic mass is 10.0. The molecule has 0 aliphatic heterocycles. The zero-order chi connectivity index (χ0) is 18.4. The lowest BCUT2D eigenvalue weighted by molar-refractivity contribution is 1.06. The predicted octanol–water partition coefficient (Wildman–Crippen LogP) is 7.47. The summed E-state index contributed by atoms with van der Waals surface area (Å²) in [4.78, 5) is 2.52. The molecule has 0 bridgehead atoms. The second kappa shape index (κ2) is 8.51. The molecule has 0 unspecified atom stereocenters. The largest absolute Gasteiger partial charge is 0.120 e. The maximum absolute atomic E-state index is 2.24. The maximum atomic E-state index is 2.24. The van der Waals surface area contributed by atoms with Gasteiger partial charge >= 0.3 is 0 Å². The fourth-order valence-electron chi connectivity index (χ4n) is 3.05. The van der Waals surface area contributed by atoms with E-state index in [1.165, 1.54) is 20.9 Å². The van der Waals surface area contributed by atoms with Gasteiger partial charge in [0.05, 0.1) is 0 Å². The SMILES string of the molecule is c1ccc(SC(Sc2ccccc2)(c2ccccc2)c2ccccc2)cc1. The highest BCUT2D eigenvalue weighted by Gasteiger charge is 2.37. The van der Waals surface area contributed by atoms with Crippen LogP contribution in [0.25, 0.3) is 0 Å². The molecule has 0 spiro atoms. The van der Waals surface area contributed by atoms with Gasteiger partial charge < -0.3 is 0 Å². The third-order valence-electron chi connectivity index (χ3n) is 4.32. The summed E-state index contributed by atoms with van der Waals surface area (Å²) in [6.45, 7) is 0. The van der Waals surface area contributed by atoms with E-state index in [1.54, 1.807) is 0 Å². The third-order valence-corrected chi connectivity index (χ3v) is 7.35. The van der Waals surface area contributed by atoms with Crippen LogP contribution in [0.4, 0.5) is 0 Å². The van der Waals surface area contributed by atoms with Crippen molar-refractivity contribution in [1.82, 2.24) is 0 Å². The molecule has 4 aromatic carbocycles. The van der Waals surface area contributed by atoms with Gasteiger partial charge in [0.2, 0.25) is 0 Å². The summed E-state index contributed by atoms with van der Waals surface area (Å²) >= 11 is 3.80. The molecule has 0 fully saturated rings. The third kappa shape index (κ3) is 4.13. The Morgan fingerprint density at radius 1 is 0.370 bits per heavy atom. The Labute approximate surface area is 169 Å². The first kappa shape index (κ1) is 18.0. The van der Waals surface area contributed by atoms with Gasteiger partial charge in [0.15, 0.2) is 0 Å². The van der Waals surface area contributed by atoms with E-state index in [0.717, 1.165) is 0 Å². The average molecular weight is 385 g/mol. The van der Waals surface area contributed by atoms with Gasteiger partial charge in [0.25, 0.3) is 0 Å². The number of hydrogen-bond acceptors (Lipinski definition) is 2. The van der Waals surface area contributed by atoms with Crippen molar-refractivity contribution in [3.63, 3.8) is 0 Å². The quantitative estimate of drug-likeness (QED) is 0.250. The Kier molecular flexibility index (Phi) is 5.66. The van der Waals surface area contributed by atoms with Crippen LogP contribution in [-0.4, -0.2) is 0 Å².